The first-order chi connectivity index (χ1) is 15.2. The minimum absolute atomic E-state index is 0.00651. The molecule has 0 amide bonds. The van der Waals surface area contributed by atoms with Crippen molar-refractivity contribution in [2.45, 2.75) is 64.0 Å². The van der Waals surface area contributed by atoms with Crippen LogP contribution in [0.15, 0.2) is 30.4 Å². The van der Waals surface area contributed by atoms with E-state index in [1.807, 2.05) is 19.2 Å². The van der Waals surface area contributed by atoms with Crippen LogP contribution in [0.25, 0.3) is 0 Å². The van der Waals surface area contributed by atoms with Gasteiger partial charge in [-0.2, -0.15) is 0 Å². The molecule has 0 spiro atoms. The molecule has 2 fully saturated rings. The number of aliphatic carboxylic acids is 1. The van der Waals surface area contributed by atoms with Crippen molar-refractivity contribution in [3.05, 3.63) is 41.5 Å². The molecular weight excluding hydrogens is 410 g/mol. The Morgan fingerprint density at radius 2 is 2.00 bits per heavy atom. The molecule has 172 valence electrons. The van der Waals surface area contributed by atoms with Gasteiger partial charge in [0.2, 0.25) is 0 Å². The van der Waals surface area contributed by atoms with Crippen LogP contribution in [-0.2, 0) is 25.5 Å². The third kappa shape index (κ3) is 4.06. The molecule has 3 aliphatic carbocycles. The summed E-state index contributed by atoms with van der Waals surface area (Å²) in [5, 5.41) is 12.2. The number of ether oxygens (including phenoxy) is 2. The van der Waals surface area contributed by atoms with Gasteiger partial charge in [0.25, 0.3) is 0 Å². The number of rotatable bonds is 5. The highest BCUT2D eigenvalue weighted by Gasteiger charge is 2.59. The van der Waals surface area contributed by atoms with Gasteiger partial charge in [-0.25, -0.2) is 9.59 Å². The molecule has 1 aromatic carbocycles. The Morgan fingerprint density at radius 3 is 2.69 bits per heavy atom. The van der Waals surface area contributed by atoms with Gasteiger partial charge in [-0.05, 0) is 85.6 Å². The molecule has 2 saturated carbocycles. The lowest BCUT2D eigenvalue weighted by Gasteiger charge is -2.50. The first-order valence-corrected chi connectivity index (χ1v) is 11.3. The van der Waals surface area contributed by atoms with E-state index in [1.54, 1.807) is 0 Å². The fourth-order valence-electron chi connectivity index (χ4n) is 6.74. The van der Waals surface area contributed by atoms with Gasteiger partial charge in [0.05, 0.1) is 0 Å². The Hall–Kier alpha value is -2.67. The standard InChI is InChI=1S/C25H31NO6/c1-14(27)31-16-5-7-17-15(12-16)4-6-19-18(17)10-11-25(2)20(19)13-21(24(25)26-3)32-23(30)9-8-22(28)29/h5,7-9,12,18-21,24,26H,4,6,10-11,13H2,1-3H3,(H,28,29)/b9-8-/t18-,19-,20+,21-,24+,25+/m1/s1. The monoisotopic (exact) mass is 441 g/mol. The van der Waals surface area contributed by atoms with E-state index in [0.717, 1.165) is 44.3 Å². The number of hydrogen-bond acceptors (Lipinski definition) is 6. The van der Waals surface area contributed by atoms with Gasteiger partial charge in [0.15, 0.2) is 0 Å². The SMILES string of the molecule is CN[C@H]1[C@H](OC(=O)/C=C\C(=O)O)C[C@H]2[C@@H]3CCc4cc(OC(C)=O)ccc4[C@H]3CC[C@@]21C. The van der Waals surface area contributed by atoms with E-state index >= 15 is 0 Å². The number of esters is 2. The number of likely N-dealkylation sites (N-methyl/N-ethyl adjacent to an activating group) is 1. The number of carbonyl (C=O) groups is 3. The Labute approximate surface area is 188 Å². The summed E-state index contributed by atoms with van der Waals surface area (Å²) in [4.78, 5) is 34.2. The quantitative estimate of drug-likeness (QED) is 0.411. The number of carbonyl (C=O) groups excluding carboxylic acids is 2. The number of carboxylic acid groups (broad SMARTS) is 1. The first kappa shape index (κ1) is 22.5. The van der Waals surface area contributed by atoms with Gasteiger partial charge in [-0.3, -0.25) is 4.79 Å². The molecule has 0 bridgehead atoms. The van der Waals surface area contributed by atoms with Crippen LogP contribution >= 0.6 is 0 Å². The molecule has 4 rings (SSSR count). The molecule has 7 nitrogen and oxygen atoms in total. The van der Waals surface area contributed by atoms with E-state index in [9.17, 15) is 14.4 Å². The van der Waals surface area contributed by atoms with Crippen LogP contribution in [0.5, 0.6) is 5.75 Å². The normalized spacial score (nSPS) is 33.2. The van der Waals surface area contributed by atoms with E-state index in [1.165, 1.54) is 18.1 Å². The summed E-state index contributed by atoms with van der Waals surface area (Å²) >= 11 is 0. The van der Waals surface area contributed by atoms with Crippen LogP contribution in [0, 0.1) is 17.3 Å². The summed E-state index contributed by atoms with van der Waals surface area (Å²) in [7, 11) is 1.91. The van der Waals surface area contributed by atoms with Gasteiger partial charge >= 0.3 is 17.9 Å². The lowest BCUT2D eigenvalue weighted by Crippen LogP contribution is -2.50. The molecule has 0 aromatic heterocycles. The minimum atomic E-state index is -1.17. The fourth-order valence-corrected chi connectivity index (χ4v) is 6.74. The topological polar surface area (TPSA) is 102 Å². The van der Waals surface area contributed by atoms with Gasteiger partial charge in [-0.15, -0.1) is 0 Å². The summed E-state index contributed by atoms with van der Waals surface area (Å²) in [6.07, 6.45) is 6.37. The zero-order valence-electron chi connectivity index (χ0n) is 18.8. The Bertz CT molecular complexity index is 956. The molecule has 0 radical (unpaired) electrons. The van der Waals surface area contributed by atoms with Crippen molar-refractivity contribution in [2.24, 2.45) is 17.3 Å². The van der Waals surface area contributed by atoms with Gasteiger partial charge in [0, 0.05) is 25.1 Å². The van der Waals surface area contributed by atoms with E-state index in [2.05, 4.69) is 18.3 Å². The third-order valence-corrected chi connectivity index (χ3v) is 7.91. The molecule has 32 heavy (non-hydrogen) atoms. The Balaban J connectivity index is 1.55. The fraction of sp³-hybridized carbons (Fsp3) is 0.560. The Morgan fingerprint density at radius 1 is 1.22 bits per heavy atom. The Kier molecular flexibility index (Phi) is 6.12. The number of nitrogens with one attached hydrogen (secondary N) is 1. The highest BCUT2D eigenvalue weighted by molar-refractivity contribution is 5.90. The summed E-state index contributed by atoms with van der Waals surface area (Å²) in [6, 6.07) is 6.04. The number of hydrogen-bond donors (Lipinski definition) is 2. The number of fused-ring (bicyclic) bond motifs is 5. The van der Waals surface area contributed by atoms with Crippen molar-refractivity contribution in [3.63, 3.8) is 0 Å². The summed E-state index contributed by atoms with van der Waals surface area (Å²) in [5.74, 6) is -0.135. The first-order valence-electron chi connectivity index (χ1n) is 11.3. The van der Waals surface area contributed by atoms with Crippen LogP contribution in [0.2, 0.25) is 0 Å². The van der Waals surface area contributed by atoms with E-state index in [0.29, 0.717) is 23.5 Å². The molecule has 3 aliphatic rings. The number of aryl methyl sites for hydroxylation is 1. The van der Waals surface area contributed by atoms with Gasteiger partial charge in [0.1, 0.15) is 11.9 Å². The van der Waals surface area contributed by atoms with Gasteiger partial charge in [-0.1, -0.05) is 13.0 Å². The molecule has 0 unspecified atom stereocenters. The van der Waals surface area contributed by atoms with Crippen molar-refractivity contribution >= 4 is 17.9 Å². The van der Waals surface area contributed by atoms with Crippen LogP contribution in [0.3, 0.4) is 0 Å². The number of benzene rings is 1. The third-order valence-electron chi connectivity index (χ3n) is 7.91. The molecule has 0 saturated heterocycles. The van der Waals surface area contributed by atoms with Crippen molar-refractivity contribution in [3.8, 4) is 5.75 Å². The van der Waals surface area contributed by atoms with Crippen LogP contribution in [0.1, 0.15) is 56.6 Å². The van der Waals surface area contributed by atoms with Crippen LogP contribution in [-0.4, -0.2) is 42.2 Å². The summed E-state index contributed by atoms with van der Waals surface area (Å²) in [6.45, 7) is 3.71. The second-order valence-electron chi connectivity index (χ2n) is 9.56. The summed E-state index contributed by atoms with van der Waals surface area (Å²) in [5.41, 5.74) is 2.62. The van der Waals surface area contributed by atoms with Crippen molar-refractivity contribution in [2.75, 3.05) is 7.05 Å². The van der Waals surface area contributed by atoms with Crippen molar-refractivity contribution < 1.29 is 29.0 Å². The second kappa shape index (κ2) is 8.70. The lowest BCUT2D eigenvalue weighted by molar-refractivity contribution is -0.144. The average Bonchev–Trinajstić information content (AvgIpc) is 3.02. The zero-order valence-corrected chi connectivity index (χ0v) is 18.8. The van der Waals surface area contributed by atoms with E-state index in [4.69, 9.17) is 14.6 Å². The second-order valence-corrected chi connectivity index (χ2v) is 9.56. The molecule has 6 atom stereocenters. The molecule has 0 heterocycles. The molecular formula is C25H31NO6. The lowest BCUT2D eigenvalue weighted by atomic mass is 9.55. The summed E-state index contributed by atoms with van der Waals surface area (Å²) < 4.78 is 11.0. The van der Waals surface area contributed by atoms with E-state index < -0.39 is 11.9 Å². The van der Waals surface area contributed by atoms with Crippen LogP contribution in [0.4, 0.5) is 0 Å². The maximum atomic E-state index is 12.2. The van der Waals surface area contributed by atoms with Crippen molar-refractivity contribution in [1.29, 1.82) is 0 Å². The van der Waals surface area contributed by atoms with Crippen LogP contribution < -0.4 is 10.1 Å². The largest absolute Gasteiger partial charge is 0.478 e. The van der Waals surface area contributed by atoms with Crippen molar-refractivity contribution in [1.82, 2.24) is 5.32 Å². The van der Waals surface area contributed by atoms with E-state index in [-0.39, 0.29) is 23.5 Å². The maximum absolute atomic E-state index is 12.2. The molecule has 2 N–H and O–H groups in total. The minimum Gasteiger partial charge on any atom is -0.478 e. The molecule has 0 aliphatic heterocycles. The maximum Gasteiger partial charge on any atom is 0.331 e. The zero-order chi connectivity index (χ0) is 23.0. The highest BCUT2D eigenvalue weighted by Crippen LogP contribution is 2.61. The predicted molar refractivity (Wildman–Crippen MR) is 117 cm³/mol. The predicted octanol–water partition coefficient (Wildman–Crippen LogP) is 3.22. The molecule has 1 aromatic rings. The smallest absolute Gasteiger partial charge is 0.331 e. The number of carboxylic acids is 1. The average molecular weight is 442 g/mol. The van der Waals surface area contributed by atoms with Gasteiger partial charge < -0.3 is 19.9 Å². The molecule has 7 heteroatoms. The highest BCUT2D eigenvalue weighted by atomic mass is 16.5.